The van der Waals surface area contributed by atoms with Crippen LogP contribution in [0.25, 0.3) is 0 Å². The van der Waals surface area contributed by atoms with Gasteiger partial charge in [0, 0.05) is 11.8 Å². The molecule has 0 radical (unpaired) electrons. The third-order valence-corrected chi connectivity index (χ3v) is 3.40. The maximum atomic E-state index is 12.1. The first-order valence-corrected chi connectivity index (χ1v) is 6.11. The average molecular weight is 254 g/mol. The minimum absolute atomic E-state index is 0.105. The normalized spacial score (nSPS) is 28.1. The van der Waals surface area contributed by atoms with Gasteiger partial charge in [0.2, 0.25) is 11.5 Å². The van der Waals surface area contributed by atoms with Gasteiger partial charge in [-0.2, -0.15) is 0 Å². The van der Waals surface area contributed by atoms with Gasteiger partial charge in [-0.15, -0.1) is 0 Å². The van der Waals surface area contributed by atoms with Crippen molar-refractivity contribution in [1.29, 1.82) is 0 Å². The molecular weight excluding hydrogens is 232 g/mol. The Hall–Kier alpha value is -1.29. The molecule has 0 spiro atoms. The maximum Gasteiger partial charge on any atom is 0.204 e. The summed E-state index contributed by atoms with van der Waals surface area (Å²) in [6.07, 6.45) is 1.89. The summed E-state index contributed by atoms with van der Waals surface area (Å²) in [6, 6.07) is 0. The topological polar surface area (TPSA) is 55.8 Å². The molecule has 0 bridgehead atoms. The number of methoxy groups -OCH3 is 2. The fourth-order valence-corrected chi connectivity index (χ4v) is 2.24. The lowest BCUT2D eigenvalue weighted by Crippen LogP contribution is -2.40. The highest BCUT2D eigenvalue weighted by Gasteiger charge is 2.42. The third-order valence-electron chi connectivity index (χ3n) is 3.40. The van der Waals surface area contributed by atoms with Crippen molar-refractivity contribution in [3.63, 3.8) is 0 Å². The molecule has 0 aromatic carbocycles. The van der Waals surface area contributed by atoms with Crippen molar-refractivity contribution in [3.05, 3.63) is 23.2 Å². The van der Waals surface area contributed by atoms with E-state index in [1.807, 2.05) is 26.8 Å². The highest BCUT2D eigenvalue weighted by molar-refractivity contribution is 5.97. The molecule has 1 N–H and O–H groups in total. The van der Waals surface area contributed by atoms with Gasteiger partial charge >= 0.3 is 0 Å². The zero-order valence-corrected chi connectivity index (χ0v) is 11.7. The summed E-state index contributed by atoms with van der Waals surface area (Å²) in [5, 5.41) is 10.3. The van der Waals surface area contributed by atoms with E-state index in [2.05, 4.69) is 0 Å². The Bertz CT molecular complexity index is 377. The van der Waals surface area contributed by atoms with Crippen LogP contribution in [0.1, 0.15) is 27.2 Å². The number of aliphatic hydroxyl groups excluding tert-OH is 1. The van der Waals surface area contributed by atoms with Crippen molar-refractivity contribution < 1.29 is 19.4 Å². The van der Waals surface area contributed by atoms with Crippen molar-refractivity contribution in [1.82, 2.24) is 0 Å². The molecule has 1 aliphatic rings. The standard InChI is InChI=1S/C14H22O4/c1-8(2)6-7-10-9(3)11(15)13(17-4)14(18-5)12(10)16/h6,9-10,12,16H,7H2,1-5H3. The monoisotopic (exact) mass is 254 g/mol. The fraction of sp³-hybridized carbons (Fsp3) is 0.643. The summed E-state index contributed by atoms with van der Waals surface area (Å²) in [5.74, 6) is -0.156. The molecule has 3 atom stereocenters. The molecule has 102 valence electrons. The van der Waals surface area contributed by atoms with Crippen LogP contribution in [0.3, 0.4) is 0 Å². The number of allylic oxidation sites excluding steroid dienone is 3. The number of ketones is 1. The Labute approximate surface area is 108 Å². The predicted octanol–water partition coefficient (Wildman–Crippen LogP) is 2.04. The molecule has 0 amide bonds. The SMILES string of the molecule is COC1=C(OC)C(O)C(CC=C(C)C)C(C)C1=O. The molecule has 3 unspecified atom stereocenters. The number of aliphatic hydroxyl groups is 1. The first-order valence-electron chi connectivity index (χ1n) is 6.11. The molecule has 18 heavy (non-hydrogen) atoms. The Morgan fingerprint density at radius 2 is 1.94 bits per heavy atom. The zero-order valence-electron chi connectivity index (χ0n) is 11.7. The summed E-state index contributed by atoms with van der Waals surface area (Å²) in [6.45, 7) is 5.81. The van der Waals surface area contributed by atoms with Gasteiger partial charge in [0.05, 0.1) is 14.2 Å². The number of carbonyl (C=O) groups excluding carboxylic acids is 1. The van der Waals surface area contributed by atoms with E-state index in [0.29, 0.717) is 6.42 Å². The summed E-state index contributed by atoms with van der Waals surface area (Å²) in [5.41, 5.74) is 1.17. The van der Waals surface area contributed by atoms with Crippen LogP contribution < -0.4 is 0 Å². The summed E-state index contributed by atoms with van der Waals surface area (Å²) in [7, 11) is 2.86. The number of carbonyl (C=O) groups is 1. The molecule has 0 heterocycles. The van der Waals surface area contributed by atoms with E-state index in [1.54, 1.807) is 0 Å². The van der Waals surface area contributed by atoms with Gasteiger partial charge in [-0.25, -0.2) is 0 Å². The summed E-state index contributed by atoms with van der Waals surface area (Å²) < 4.78 is 10.2. The summed E-state index contributed by atoms with van der Waals surface area (Å²) >= 11 is 0. The van der Waals surface area contributed by atoms with Crippen LogP contribution in [0, 0.1) is 11.8 Å². The minimum Gasteiger partial charge on any atom is -0.494 e. The van der Waals surface area contributed by atoms with E-state index in [0.717, 1.165) is 0 Å². The summed E-state index contributed by atoms with van der Waals surface area (Å²) in [4.78, 5) is 12.1. The first-order chi connectivity index (χ1) is 8.43. The van der Waals surface area contributed by atoms with E-state index < -0.39 is 6.10 Å². The molecule has 1 aliphatic carbocycles. The molecule has 0 fully saturated rings. The molecule has 1 rings (SSSR count). The first kappa shape index (κ1) is 14.8. The second kappa shape index (κ2) is 6.05. The second-order valence-electron chi connectivity index (χ2n) is 4.88. The van der Waals surface area contributed by atoms with E-state index in [-0.39, 0.29) is 29.1 Å². The number of hydrogen-bond donors (Lipinski definition) is 1. The van der Waals surface area contributed by atoms with Crippen molar-refractivity contribution in [3.8, 4) is 0 Å². The Kier molecular flexibility index (Phi) is 4.96. The van der Waals surface area contributed by atoms with Crippen molar-refractivity contribution >= 4 is 5.78 Å². The van der Waals surface area contributed by atoms with Crippen LogP contribution >= 0.6 is 0 Å². The Morgan fingerprint density at radius 1 is 1.33 bits per heavy atom. The molecular formula is C14H22O4. The average Bonchev–Trinajstić information content (AvgIpc) is 2.32. The molecule has 0 aliphatic heterocycles. The molecule has 0 aromatic heterocycles. The lowest BCUT2D eigenvalue weighted by atomic mass is 9.77. The maximum absolute atomic E-state index is 12.1. The van der Waals surface area contributed by atoms with Gasteiger partial charge in [-0.1, -0.05) is 18.6 Å². The number of rotatable bonds is 4. The van der Waals surface area contributed by atoms with Crippen LogP contribution in [-0.4, -0.2) is 31.2 Å². The number of hydrogen-bond acceptors (Lipinski definition) is 4. The second-order valence-corrected chi connectivity index (χ2v) is 4.88. The van der Waals surface area contributed by atoms with Gasteiger partial charge < -0.3 is 14.6 Å². The quantitative estimate of drug-likeness (QED) is 0.780. The largest absolute Gasteiger partial charge is 0.494 e. The van der Waals surface area contributed by atoms with Crippen molar-refractivity contribution in [2.24, 2.45) is 11.8 Å². The van der Waals surface area contributed by atoms with Crippen molar-refractivity contribution in [2.75, 3.05) is 14.2 Å². The molecule has 0 saturated carbocycles. The van der Waals surface area contributed by atoms with Crippen LogP contribution in [-0.2, 0) is 14.3 Å². The van der Waals surface area contributed by atoms with Crippen LogP contribution in [0.5, 0.6) is 0 Å². The van der Waals surface area contributed by atoms with E-state index in [1.165, 1.54) is 19.8 Å². The Morgan fingerprint density at radius 3 is 2.39 bits per heavy atom. The van der Waals surface area contributed by atoms with Gasteiger partial charge in [0.25, 0.3) is 0 Å². The lowest BCUT2D eigenvalue weighted by Gasteiger charge is -2.33. The Balaban J connectivity index is 3.07. The predicted molar refractivity (Wildman–Crippen MR) is 68.8 cm³/mol. The third kappa shape index (κ3) is 2.75. The van der Waals surface area contributed by atoms with E-state index in [4.69, 9.17) is 9.47 Å². The zero-order chi connectivity index (χ0) is 13.9. The van der Waals surface area contributed by atoms with Gasteiger partial charge in [-0.3, -0.25) is 4.79 Å². The molecule has 0 aromatic rings. The lowest BCUT2D eigenvalue weighted by molar-refractivity contribution is -0.128. The van der Waals surface area contributed by atoms with Gasteiger partial charge in [-0.05, 0) is 20.3 Å². The molecule has 4 nitrogen and oxygen atoms in total. The van der Waals surface area contributed by atoms with Crippen LogP contribution in [0.4, 0.5) is 0 Å². The highest BCUT2D eigenvalue weighted by atomic mass is 16.5. The minimum atomic E-state index is -0.798. The van der Waals surface area contributed by atoms with E-state index >= 15 is 0 Å². The van der Waals surface area contributed by atoms with E-state index in [9.17, 15) is 9.90 Å². The molecule has 0 saturated heterocycles. The highest BCUT2D eigenvalue weighted by Crippen LogP contribution is 2.35. The van der Waals surface area contributed by atoms with Crippen LogP contribution in [0.2, 0.25) is 0 Å². The van der Waals surface area contributed by atoms with Crippen molar-refractivity contribution in [2.45, 2.75) is 33.3 Å². The van der Waals surface area contributed by atoms with Gasteiger partial charge in [0.15, 0.2) is 5.76 Å². The molecule has 4 heteroatoms. The fourth-order valence-electron chi connectivity index (χ4n) is 2.24. The van der Waals surface area contributed by atoms with Gasteiger partial charge in [0.1, 0.15) is 6.10 Å². The smallest absolute Gasteiger partial charge is 0.204 e. The number of Topliss-reactive ketones (excluding diaryl/α,β-unsaturated/α-hetero) is 1. The van der Waals surface area contributed by atoms with Crippen LogP contribution in [0.15, 0.2) is 23.2 Å². The number of ether oxygens (including phenoxy) is 2.